The molecule has 0 fully saturated rings. The average molecular weight is 263 g/mol. The highest BCUT2D eigenvalue weighted by Gasteiger charge is 2.17. The molecule has 0 unspecified atom stereocenters. The third-order valence-corrected chi connectivity index (χ3v) is 3.13. The first kappa shape index (κ1) is 16.1. The predicted octanol–water partition coefficient (Wildman–Crippen LogP) is 0.994. The van der Waals surface area contributed by atoms with Crippen LogP contribution in [0.4, 0.5) is 0 Å². The first-order valence-corrected chi connectivity index (χ1v) is 7.15. The Morgan fingerprint density at radius 3 is 2.35 bits per heavy atom. The van der Waals surface area contributed by atoms with Crippen molar-refractivity contribution in [2.45, 2.75) is 45.8 Å². The maximum atomic E-state index is 11.4. The second-order valence-electron chi connectivity index (χ2n) is 4.73. The quantitative estimate of drug-likeness (QED) is 0.748. The van der Waals surface area contributed by atoms with Crippen LogP contribution in [0.2, 0.25) is 0 Å². The molecule has 100 valence electrons. The normalized spacial score (nSPS) is 14.9. The Hall–Kier alpha value is -0.880. The van der Waals surface area contributed by atoms with Gasteiger partial charge in [-0.2, -0.15) is 0 Å². The molecule has 0 aromatic heterocycles. The van der Waals surface area contributed by atoms with Gasteiger partial charge in [-0.15, -0.1) is 0 Å². The summed E-state index contributed by atoms with van der Waals surface area (Å²) >= 11 is 0. The molecule has 0 saturated heterocycles. The van der Waals surface area contributed by atoms with Crippen LogP contribution >= 0.6 is 0 Å². The lowest BCUT2D eigenvalue weighted by molar-refractivity contribution is -0.154. The van der Waals surface area contributed by atoms with E-state index in [4.69, 9.17) is 10.5 Å². The summed E-state index contributed by atoms with van der Waals surface area (Å²) in [4.78, 5) is 11.4. The van der Waals surface area contributed by atoms with Gasteiger partial charge in [0.2, 0.25) is 0 Å². The minimum absolute atomic E-state index is 0.0165. The highest BCUT2D eigenvalue weighted by Crippen LogP contribution is 2.09. The molecular formula is C11H21NO4S. The number of ether oxygens (including phenoxy) is 1. The Morgan fingerprint density at radius 1 is 1.41 bits per heavy atom. The summed E-state index contributed by atoms with van der Waals surface area (Å²) < 4.78 is 27.4. The van der Waals surface area contributed by atoms with Gasteiger partial charge in [-0.3, -0.25) is 4.79 Å². The standard InChI is InChI=1S/C11H21NO4S/c1-5-17(14,15)7-6-9(12)8-10(13)16-11(2,3)4/h6-7,9H,5,8,12H2,1-4H3/b7-6+/t9-/m1/s1. The Balaban J connectivity index is 4.29. The summed E-state index contributed by atoms with van der Waals surface area (Å²) in [5.74, 6) is -0.425. The van der Waals surface area contributed by atoms with Crippen LogP contribution < -0.4 is 5.73 Å². The minimum atomic E-state index is -3.20. The maximum absolute atomic E-state index is 11.4. The topological polar surface area (TPSA) is 86.5 Å². The zero-order chi connectivity index (χ0) is 13.7. The molecular weight excluding hydrogens is 242 g/mol. The van der Waals surface area contributed by atoms with E-state index in [1.807, 2.05) is 0 Å². The minimum Gasteiger partial charge on any atom is -0.460 e. The number of carbonyl (C=O) groups excluding carboxylic acids is 1. The van der Waals surface area contributed by atoms with Crippen molar-refractivity contribution < 1.29 is 17.9 Å². The lowest BCUT2D eigenvalue weighted by Crippen LogP contribution is -2.29. The number of nitrogens with two attached hydrogens (primary N) is 1. The number of sulfone groups is 1. The van der Waals surface area contributed by atoms with Gasteiger partial charge in [-0.05, 0) is 20.8 Å². The van der Waals surface area contributed by atoms with Crippen molar-refractivity contribution in [2.24, 2.45) is 5.73 Å². The van der Waals surface area contributed by atoms with Crippen LogP contribution in [0.25, 0.3) is 0 Å². The fourth-order valence-electron chi connectivity index (χ4n) is 0.961. The highest BCUT2D eigenvalue weighted by molar-refractivity contribution is 7.94. The van der Waals surface area contributed by atoms with E-state index in [-0.39, 0.29) is 12.2 Å². The fraction of sp³-hybridized carbons (Fsp3) is 0.727. The molecule has 0 aliphatic heterocycles. The lowest BCUT2D eigenvalue weighted by atomic mass is 10.2. The number of carbonyl (C=O) groups is 1. The predicted molar refractivity (Wildman–Crippen MR) is 67.0 cm³/mol. The van der Waals surface area contributed by atoms with Crippen molar-refractivity contribution in [1.29, 1.82) is 0 Å². The molecule has 0 aliphatic carbocycles. The van der Waals surface area contributed by atoms with E-state index in [0.29, 0.717) is 0 Å². The lowest BCUT2D eigenvalue weighted by Gasteiger charge is -2.20. The van der Waals surface area contributed by atoms with Crippen molar-refractivity contribution in [1.82, 2.24) is 0 Å². The van der Waals surface area contributed by atoms with E-state index >= 15 is 0 Å². The zero-order valence-electron chi connectivity index (χ0n) is 10.8. The van der Waals surface area contributed by atoms with E-state index in [1.165, 1.54) is 6.08 Å². The second-order valence-corrected chi connectivity index (χ2v) is 6.91. The highest BCUT2D eigenvalue weighted by atomic mass is 32.2. The zero-order valence-corrected chi connectivity index (χ0v) is 11.6. The van der Waals surface area contributed by atoms with E-state index in [1.54, 1.807) is 27.7 Å². The summed E-state index contributed by atoms with van der Waals surface area (Å²) in [5.41, 5.74) is 5.04. The van der Waals surface area contributed by atoms with Crippen LogP contribution in [-0.2, 0) is 19.4 Å². The van der Waals surface area contributed by atoms with Gasteiger partial charge in [0.05, 0.1) is 12.2 Å². The Kier molecular flexibility index (Phi) is 5.84. The number of hydrogen-bond acceptors (Lipinski definition) is 5. The summed E-state index contributed by atoms with van der Waals surface area (Å²) in [5, 5.41) is 1.04. The van der Waals surface area contributed by atoms with Crippen molar-refractivity contribution in [3.8, 4) is 0 Å². The molecule has 6 heteroatoms. The van der Waals surface area contributed by atoms with Crippen LogP contribution in [0.5, 0.6) is 0 Å². The summed E-state index contributed by atoms with van der Waals surface area (Å²) in [7, 11) is -3.20. The van der Waals surface area contributed by atoms with Crippen molar-refractivity contribution in [2.75, 3.05) is 5.75 Å². The van der Waals surface area contributed by atoms with Gasteiger partial charge in [-0.25, -0.2) is 8.42 Å². The first-order valence-electron chi connectivity index (χ1n) is 5.44. The molecule has 2 N–H and O–H groups in total. The Labute approximate surface area is 103 Å². The van der Waals surface area contributed by atoms with Crippen LogP contribution in [-0.4, -0.2) is 31.8 Å². The summed E-state index contributed by atoms with van der Waals surface area (Å²) in [6, 6.07) is -0.647. The molecule has 17 heavy (non-hydrogen) atoms. The summed E-state index contributed by atoms with van der Waals surface area (Å²) in [6.07, 6.45) is 1.27. The molecule has 0 amide bonds. The fourth-order valence-corrected chi connectivity index (χ4v) is 1.59. The number of rotatable bonds is 5. The molecule has 0 heterocycles. The molecule has 0 aliphatic rings. The van der Waals surface area contributed by atoms with Crippen LogP contribution in [0.3, 0.4) is 0 Å². The SMILES string of the molecule is CCS(=O)(=O)/C=C/[C@@H](N)CC(=O)OC(C)(C)C. The first-order chi connectivity index (χ1) is 7.56. The summed E-state index contributed by atoms with van der Waals surface area (Å²) in [6.45, 7) is 6.81. The molecule has 0 aromatic rings. The average Bonchev–Trinajstić information content (AvgIpc) is 2.12. The van der Waals surface area contributed by atoms with Crippen molar-refractivity contribution >= 4 is 15.8 Å². The monoisotopic (exact) mass is 263 g/mol. The molecule has 0 bridgehead atoms. The molecule has 0 spiro atoms. The third-order valence-electron chi connectivity index (χ3n) is 1.76. The van der Waals surface area contributed by atoms with Gasteiger partial charge >= 0.3 is 5.97 Å². The molecule has 0 aromatic carbocycles. The largest absolute Gasteiger partial charge is 0.460 e. The van der Waals surface area contributed by atoms with Gasteiger partial charge in [-0.1, -0.05) is 13.0 Å². The van der Waals surface area contributed by atoms with Gasteiger partial charge < -0.3 is 10.5 Å². The molecule has 0 radical (unpaired) electrons. The Bertz CT molecular complexity index is 379. The second kappa shape index (κ2) is 6.16. The maximum Gasteiger partial charge on any atom is 0.308 e. The van der Waals surface area contributed by atoms with E-state index in [2.05, 4.69) is 0 Å². The number of hydrogen-bond donors (Lipinski definition) is 1. The smallest absolute Gasteiger partial charge is 0.308 e. The van der Waals surface area contributed by atoms with E-state index in [9.17, 15) is 13.2 Å². The molecule has 1 atom stereocenters. The molecule has 0 saturated carbocycles. The van der Waals surface area contributed by atoms with E-state index in [0.717, 1.165) is 5.41 Å². The van der Waals surface area contributed by atoms with Crippen LogP contribution in [0.15, 0.2) is 11.5 Å². The third kappa shape index (κ3) is 8.88. The van der Waals surface area contributed by atoms with Gasteiger partial charge in [0.15, 0.2) is 9.84 Å². The van der Waals surface area contributed by atoms with Gasteiger partial charge in [0.1, 0.15) is 5.60 Å². The van der Waals surface area contributed by atoms with Crippen LogP contribution in [0, 0.1) is 0 Å². The van der Waals surface area contributed by atoms with Gasteiger partial charge in [0, 0.05) is 11.4 Å². The van der Waals surface area contributed by atoms with Crippen molar-refractivity contribution in [3.05, 3.63) is 11.5 Å². The molecule has 0 rings (SSSR count). The van der Waals surface area contributed by atoms with Crippen molar-refractivity contribution in [3.63, 3.8) is 0 Å². The number of esters is 1. The van der Waals surface area contributed by atoms with E-state index < -0.39 is 27.4 Å². The van der Waals surface area contributed by atoms with Crippen LogP contribution in [0.1, 0.15) is 34.1 Å². The molecule has 5 nitrogen and oxygen atoms in total. The van der Waals surface area contributed by atoms with Gasteiger partial charge in [0.25, 0.3) is 0 Å². The Morgan fingerprint density at radius 2 is 1.94 bits per heavy atom.